The highest BCUT2D eigenvalue weighted by Crippen LogP contribution is 2.18. The zero-order valence-electron chi connectivity index (χ0n) is 8.59. The lowest BCUT2D eigenvalue weighted by molar-refractivity contribution is 0.238. The molecule has 0 unspecified atom stereocenters. The lowest BCUT2D eigenvalue weighted by Gasteiger charge is -2.23. The SMILES string of the molecule is CC(C)(CNC(=O)NC1CC1)C(N)=S. The van der Waals surface area contributed by atoms with Gasteiger partial charge in [0.15, 0.2) is 0 Å². The van der Waals surface area contributed by atoms with Gasteiger partial charge in [-0.3, -0.25) is 0 Å². The molecule has 1 rings (SSSR count). The summed E-state index contributed by atoms with van der Waals surface area (Å²) >= 11 is 4.89. The molecule has 5 heteroatoms. The van der Waals surface area contributed by atoms with Crippen LogP contribution in [0.15, 0.2) is 0 Å². The predicted octanol–water partition coefficient (Wildman–Crippen LogP) is 0.760. The number of nitrogens with one attached hydrogen (secondary N) is 2. The first kappa shape index (κ1) is 11.2. The van der Waals surface area contributed by atoms with Gasteiger partial charge in [0.05, 0.1) is 4.99 Å². The third kappa shape index (κ3) is 3.49. The molecule has 0 aromatic rings. The molecule has 0 aromatic carbocycles. The summed E-state index contributed by atoms with van der Waals surface area (Å²) in [6.45, 7) is 4.29. The smallest absolute Gasteiger partial charge is 0.315 e. The maximum Gasteiger partial charge on any atom is 0.315 e. The number of carbonyl (C=O) groups excluding carboxylic acids is 1. The Morgan fingerprint density at radius 3 is 2.57 bits per heavy atom. The highest BCUT2D eigenvalue weighted by molar-refractivity contribution is 7.80. The van der Waals surface area contributed by atoms with Crippen LogP contribution in [0, 0.1) is 5.41 Å². The van der Waals surface area contributed by atoms with Crippen LogP contribution in [0.3, 0.4) is 0 Å². The maximum absolute atomic E-state index is 11.3. The van der Waals surface area contributed by atoms with Crippen LogP contribution in [0.1, 0.15) is 26.7 Å². The maximum atomic E-state index is 11.3. The number of hydrogen-bond donors (Lipinski definition) is 3. The molecule has 2 amide bonds. The first-order valence-electron chi connectivity index (χ1n) is 4.76. The highest BCUT2D eigenvalue weighted by atomic mass is 32.1. The van der Waals surface area contributed by atoms with E-state index >= 15 is 0 Å². The quantitative estimate of drug-likeness (QED) is 0.607. The van der Waals surface area contributed by atoms with E-state index in [1.807, 2.05) is 13.8 Å². The lowest BCUT2D eigenvalue weighted by Crippen LogP contribution is -2.45. The summed E-state index contributed by atoms with van der Waals surface area (Å²) in [6.07, 6.45) is 2.18. The van der Waals surface area contributed by atoms with Crippen LogP contribution in [0.4, 0.5) is 4.79 Å². The Balaban J connectivity index is 2.24. The Bertz CT molecular complexity index is 248. The standard InChI is InChI=1S/C9H17N3OS/c1-9(2,7(10)14)5-11-8(13)12-6-3-4-6/h6H,3-5H2,1-2H3,(H2,10,14)(H2,11,12,13). The van der Waals surface area contributed by atoms with Gasteiger partial charge in [-0.15, -0.1) is 0 Å². The number of carbonyl (C=O) groups is 1. The van der Waals surface area contributed by atoms with Crippen molar-refractivity contribution in [1.82, 2.24) is 10.6 Å². The van der Waals surface area contributed by atoms with E-state index in [9.17, 15) is 4.79 Å². The topological polar surface area (TPSA) is 67.2 Å². The third-order valence-corrected chi connectivity index (χ3v) is 2.82. The summed E-state index contributed by atoms with van der Waals surface area (Å²) in [5.74, 6) is 0. The number of amides is 2. The van der Waals surface area contributed by atoms with Crippen LogP contribution in [-0.2, 0) is 0 Å². The zero-order valence-corrected chi connectivity index (χ0v) is 9.41. The molecule has 0 aliphatic heterocycles. The molecule has 1 saturated carbocycles. The van der Waals surface area contributed by atoms with Crippen LogP contribution in [0.25, 0.3) is 0 Å². The largest absolute Gasteiger partial charge is 0.393 e. The summed E-state index contributed by atoms with van der Waals surface area (Å²) in [7, 11) is 0. The molecule has 1 aliphatic rings. The molecule has 0 heterocycles. The van der Waals surface area contributed by atoms with E-state index in [0.717, 1.165) is 12.8 Å². The van der Waals surface area contributed by atoms with E-state index in [2.05, 4.69) is 10.6 Å². The molecule has 14 heavy (non-hydrogen) atoms. The monoisotopic (exact) mass is 215 g/mol. The average Bonchev–Trinajstić information content (AvgIpc) is 2.85. The van der Waals surface area contributed by atoms with E-state index in [0.29, 0.717) is 17.6 Å². The minimum atomic E-state index is -0.323. The highest BCUT2D eigenvalue weighted by Gasteiger charge is 2.25. The van der Waals surface area contributed by atoms with Crippen LogP contribution < -0.4 is 16.4 Å². The Morgan fingerprint density at radius 1 is 1.57 bits per heavy atom. The van der Waals surface area contributed by atoms with Crippen molar-refractivity contribution in [3.05, 3.63) is 0 Å². The molecule has 0 atom stereocenters. The van der Waals surface area contributed by atoms with E-state index < -0.39 is 0 Å². The number of hydrogen-bond acceptors (Lipinski definition) is 2. The van der Waals surface area contributed by atoms with Gasteiger partial charge in [0.1, 0.15) is 0 Å². The fourth-order valence-corrected chi connectivity index (χ4v) is 0.925. The van der Waals surface area contributed by atoms with Crippen molar-refractivity contribution in [1.29, 1.82) is 0 Å². The Labute approximate surface area is 89.6 Å². The van der Waals surface area contributed by atoms with Gasteiger partial charge < -0.3 is 16.4 Å². The van der Waals surface area contributed by atoms with Crippen LogP contribution in [-0.4, -0.2) is 23.6 Å². The Hall–Kier alpha value is -0.840. The van der Waals surface area contributed by atoms with Gasteiger partial charge in [-0.2, -0.15) is 0 Å². The summed E-state index contributed by atoms with van der Waals surface area (Å²) in [6, 6.07) is 0.250. The lowest BCUT2D eigenvalue weighted by atomic mass is 9.94. The van der Waals surface area contributed by atoms with Gasteiger partial charge >= 0.3 is 6.03 Å². The molecule has 0 aromatic heterocycles. The fraction of sp³-hybridized carbons (Fsp3) is 0.778. The van der Waals surface area contributed by atoms with Crippen molar-refractivity contribution in [2.75, 3.05) is 6.54 Å². The number of thiocarbonyl (C=S) groups is 1. The molecule has 0 bridgehead atoms. The van der Waals surface area contributed by atoms with Crippen molar-refractivity contribution in [2.45, 2.75) is 32.7 Å². The number of nitrogens with two attached hydrogens (primary N) is 1. The summed E-state index contributed by atoms with van der Waals surface area (Å²) in [4.78, 5) is 11.7. The molecule has 4 nitrogen and oxygen atoms in total. The molecule has 4 N–H and O–H groups in total. The first-order valence-corrected chi connectivity index (χ1v) is 5.17. The van der Waals surface area contributed by atoms with Crippen LogP contribution in [0.5, 0.6) is 0 Å². The van der Waals surface area contributed by atoms with Crippen molar-refractivity contribution in [3.8, 4) is 0 Å². The molecule has 0 radical (unpaired) electrons. The second-order valence-corrected chi connectivity index (χ2v) is 4.79. The molecule has 0 spiro atoms. The number of rotatable bonds is 4. The first-order chi connectivity index (χ1) is 6.42. The van der Waals surface area contributed by atoms with Crippen molar-refractivity contribution < 1.29 is 4.79 Å². The van der Waals surface area contributed by atoms with Crippen molar-refractivity contribution >= 4 is 23.2 Å². The summed E-state index contributed by atoms with van der Waals surface area (Å²) in [5.41, 5.74) is 5.21. The molecular weight excluding hydrogens is 198 g/mol. The molecule has 1 fully saturated rings. The normalized spacial score (nSPS) is 16.1. The summed E-state index contributed by atoms with van der Waals surface area (Å²) in [5, 5.41) is 5.59. The second kappa shape index (κ2) is 4.13. The zero-order chi connectivity index (χ0) is 10.8. The molecule has 80 valence electrons. The third-order valence-electron chi connectivity index (χ3n) is 2.27. The summed E-state index contributed by atoms with van der Waals surface area (Å²) < 4.78 is 0. The Morgan fingerprint density at radius 2 is 2.14 bits per heavy atom. The minimum Gasteiger partial charge on any atom is -0.393 e. The van der Waals surface area contributed by atoms with Gasteiger partial charge in [-0.05, 0) is 12.8 Å². The fourth-order valence-electron chi connectivity index (χ4n) is 0.852. The van der Waals surface area contributed by atoms with Gasteiger partial charge in [0, 0.05) is 18.0 Å². The second-order valence-electron chi connectivity index (χ2n) is 4.35. The van der Waals surface area contributed by atoms with E-state index in [1.165, 1.54) is 0 Å². The van der Waals surface area contributed by atoms with E-state index in [4.69, 9.17) is 18.0 Å². The van der Waals surface area contributed by atoms with Gasteiger partial charge in [-0.25, -0.2) is 4.79 Å². The van der Waals surface area contributed by atoms with E-state index in [-0.39, 0.29) is 11.4 Å². The minimum absolute atomic E-state index is 0.128. The van der Waals surface area contributed by atoms with E-state index in [1.54, 1.807) is 0 Å². The van der Waals surface area contributed by atoms with Gasteiger partial charge in [-0.1, -0.05) is 26.1 Å². The van der Waals surface area contributed by atoms with Crippen LogP contribution >= 0.6 is 12.2 Å². The molecular formula is C9H17N3OS. The van der Waals surface area contributed by atoms with Crippen molar-refractivity contribution in [3.63, 3.8) is 0 Å². The number of urea groups is 1. The van der Waals surface area contributed by atoms with Crippen LogP contribution in [0.2, 0.25) is 0 Å². The molecule has 0 saturated heterocycles. The Kier molecular flexibility index (Phi) is 3.31. The molecule has 1 aliphatic carbocycles. The average molecular weight is 215 g/mol. The van der Waals surface area contributed by atoms with Crippen molar-refractivity contribution in [2.24, 2.45) is 11.1 Å². The van der Waals surface area contributed by atoms with Gasteiger partial charge in [0.25, 0.3) is 0 Å². The predicted molar refractivity (Wildman–Crippen MR) is 60.1 cm³/mol. The van der Waals surface area contributed by atoms with Gasteiger partial charge in [0.2, 0.25) is 0 Å².